The molecule has 1 unspecified atom stereocenters. The van der Waals surface area contributed by atoms with Crippen LogP contribution in [0.25, 0.3) is 0 Å². The summed E-state index contributed by atoms with van der Waals surface area (Å²) in [4.78, 5) is 0. The van der Waals surface area contributed by atoms with Crippen molar-refractivity contribution in [2.24, 2.45) is 0 Å². The molecule has 0 aliphatic carbocycles. The summed E-state index contributed by atoms with van der Waals surface area (Å²) in [6, 6.07) is 0. The molecule has 4 aliphatic heterocycles. The third-order valence-corrected chi connectivity index (χ3v) is 19.8. The van der Waals surface area contributed by atoms with Gasteiger partial charge in [0.15, 0.2) is 0 Å². The summed E-state index contributed by atoms with van der Waals surface area (Å²) in [6.07, 6.45) is 1.81. The van der Waals surface area contributed by atoms with Gasteiger partial charge in [-0.3, -0.25) is 0 Å². The first-order chi connectivity index (χ1) is 5.56. The molecule has 4 heterocycles. The van der Waals surface area contributed by atoms with Gasteiger partial charge in [-0.2, -0.15) is 0 Å². The van der Waals surface area contributed by atoms with Crippen molar-refractivity contribution < 1.29 is 18.1 Å². The second-order valence-electron chi connectivity index (χ2n) is 2.77. The second-order valence-corrected chi connectivity index (χ2v) is 17.7. The molecule has 0 radical (unpaired) electrons. The van der Waals surface area contributed by atoms with Gasteiger partial charge < -0.3 is 0 Å². The van der Waals surface area contributed by atoms with Crippen LogP contribution in [0.3, 0.4) is 0 Å². The molecule has 0 saturated carbocycles. The number of phosphoric ester groups is 1. The monoisotopic (exact) mass is 374 g/mol. The molecule has 4 rings (SSSR count). The van der Waals surface area contributed by atoms with E-state index in [9.17, 15) is 4.57 Å². The van der Waals surface area contributed by atoms with E-state index in [-0.39, 0.29) is 2.58 Å². The molecule has 4 aliphatic rings. The fourth-order valence-corrected chi connectivity index (χ4v) is 16.0. The van der Waals surface area contributed by atoms with E-state index >= 15 is 0 Å². The fraction of sp³-hybridized carbons (Fsp3) is 0.500. The maximum atomic E-state index is 11.2. The number of phosphoric acid groups is 1. The van der Waals surface area contributed by atoms with E-state index in [1.54, 1.807) is 6.08 Å². The summed E-state index contributed by atoms with van der Waals surface area (Å²) in [5.74, 6) is 0.531. The average Bonchev–Trinajstić information content (AvgIpc) is 2.40. The number of hydrogen-bond acceptors (Lipinski definition) is 4. The molecule has 4 nitrogen and oxygen atoms in total. The van der Waals surface area contributed by atoms with Crippen molar-refractivity contribution in [2.45, 2.75) is 6.13 Å². The summed E-state index contributed by atoms with van der Waals surface area (Å²) < 4.78 is 25.7. The Labute approximate surface area is 88.0 Å². The van der Waals surface area contributed by atoms with Crippen LogP contribution in [-0.4, -0.2) is 26.4 Å². The van der Waals surface area contributed by atoms with Crippen LogP contribution in [0.5, 0.6) is 0 Å². The first-order valence-electron chi connectivity index (χ1n) is 3.27. The van der Waals surface area contributed by atoms with E-state index in [0.717, 1.165) is 0 Å². The van der Waals surface area contributed by atoms with E-state index in [4.69, 9.17) is 22.1 Å². The second kappa shape index (κ2) is 2.28. The van der Waals surface area contributed by atoms with Gasteiger partial charge in [-0.1, -0.05) is 0 Å². The van der Waals surface area contributed by atoms with Gasteiger partial charge in [0, 0.05) is 0 Å². The van der Waals surface area contributed by atoms with Crippen molar-refractivity contribution in [3.63, 3.8) is 0 Å². The Bertz CT molecular complexity index is 336. The third kappa shape index (κ3) is 0.823. The number of hydrogen-bond donors (Lipinski definition) is 0. The molecular formula is C4H2BrClInO4P. The molecule has 3 saturated heterocycles. The number of rotatable bonds is 0. The fourth-order valence-electron chi connectivity index (χ4n) is 1.47. The minimum atomic E-state index is -3.17. The molecule has 1 spiro atoms. The van der Waals surface area contributed by atoms with E-state index < -0.39 is 31.6 Å². The Kier molecular flexibility index (Phi) is 1.64. The van der Waals surface area contributed by atoms with Crippen molar-refractivity contribution in [1.82, 2.24) is 0 Å². The number of alkyl halides is 1. The zero-order chi connectivity index (χ0) is 8.56. The van der Waals surface area contributed by atoms with Gasteiger partial charge in [-0.05, 0) is 0 Å². The van der Waals surface area contributed by atoms with E-state index in [2.05, 4.69) is 15.9 Å². The molecule has 0 aromatic heterocycles. The van der Waals surface area contributed by atoms with Gasteiger partial charge in [0.05, 0.1) is 0 Å². The predicted molar refractivity (Wildman–Crippen MR) is 46.0 cm³/mol. The SMILES string of the molecule is O=P12OC3=C[CH](Br)[In]([Cl])[C]3(O1)O2. The van der Waals surface area contributed by atoms with Crippen LogP contribution in [-0.2, 0) is 18.1 Å². The van der Waals surface area contributed by atoms with Crippen LogP contribution in [0.1, 0.15) is 0 Å². The molecule has 12 heavy (non-hydrogen) atoms. The summed E-state index contributed by atoms with van der Waals surface area (Å²) >= 11 is 0.897. The first kappa shape index (κ1) is 8.62. The zero-order valence-corrected chi connectivity index (χ0v) is 12.1. The van der Waals surface area contributed by atoms with Gasteiger partial charge in [-0.25, -0.2) is 0 Å². The Balaban J connectivity index is 2.11. The quantitative estimate of drug-likeness (QED) is 0.479. The predicted octanol–water partition coefficient (Wildman–Crippen LogP) is 1.84. The van der Waals surface area contributed by atoms with E-state index in [1.165, 1.54) is 0 Å². The molecule has 3 fully saturated rings. The van der Waals surface area contributed by atoms with Gasteiger partial charge in [-0.15, -0.1) is 0 Å². The zero-order valence-electron chi connectivity index (χ0n) is 5.57. The Morgan fingerprint density at radius 1 is 1.75 bits per heavy atom. The van der Waals surface area contributed by atoms with Crippen molar-refractivity contribution in [2.75, 3.05) is 0 Å². The van der Waals surface area contributed by atoms with Crippen LogP contribution in [0, 0.1) is 0 Å². The van der Waals surface area contributed by atoms with Crippen LogP contribution >= 0.6 is 32.3 Å². The van der Waals surface area contributed by atoms with Crippen LogP contribution in [0.2, 0.25) is 0 Å². The number of allylic oxidation sites excluding steroid dienone is 1. The summed E-state index contributed by atoms with van der Waals surface area (Å²) in [7, 11) is 2.99. The van der Waals surface area contributed by atoms with Crippen molar-refractivity contribution in [1.29, 1.82) is 0 Å². The first-order valence-corrected chi connectivity index (χ1v) is 13.4. The summed E-state index contributed by atoms with van der Waals surface area (Å²) in [5, 5.41) is 0. The summed E-state index contributed by atoms with van der Waals surface area (Å²) in [5.41, 5.74) is 0. The normalized spacial score (nSPS) is 54.3. The summed E-state index contributed by atoms with van der Waals surface area (Å²) in [6.45, 7) is 0. The molecule has 0 aromatic carbocycles. The topological polar surface area (TPSA) is 44.8 Å². The van der Waals surface area contributed by atoms with Crippen molar-refractivity contribution >= 4 is 52.6 Å². The molecule has 0 aromatic rings. The minimum absolute atomic E-state index is 0.144. The van der Waals surface area contributed by atoms with Crippen molar-refractivity contribution in [3.8, 4) is 0 Å². The van der Waals surface area contributed by atoms with Gasteiger partial charge in [0.1, 0.15) is 0 Å². The van der Waals surface area contributed by atoms with Crippen molar-refractivity contribution in [3.05, 3.63) is 11.8 Å². The van der Waals surface area contributed by atoms with Crippen LogP contribution < -0.4 is 0 Å². The number of halogens is 2. The molecule has 0 N–H and O–H groups in total. The Morgan fingerprint density at radius 3 is 3.00 bits per heavy atom. The van der Waals surface area contributed by atoms with Crippen LogP contribution in [0.15, 0.2) is 11.8 Å². The van der Waals surface area contributed by atoms with Gasteiger partial charge in [0.25, 0.3) is 0 Å². The van der Waals surface area contributed by atoms with E-state index in [1.807, 2.05) is 0 Å². The molecule has 8 heteroatoms. The Morgan fingerprint density at radius 2 is 2.42 bits per heavy atom. The molecule has 2 bridgehead atoms. The Hall–Kier alpha value is 1.33. The third-order valence-electron chi connectivity index (χ3n) is 2.00. The molecular weight excluding hydrogens is 373 g/mol. The van der Waals surface area contributed by atoms with Crippen LogP contribution in [0.4, 0.5) is 0 Å². The molecule has 1 atom stereocenters. The average molecular weight is 375 g/mol. The standard InChI is InChI=1S/C4H2BrO4P.ClH.In/c5-2-1-3-4-8-10(6,7-3)9-4;;/h1-2H;1H;/q;;+1/p-1. The maximum absolute atomic E-state index is 11.2. The van der Waals surface area contributed by atoms with Gasteiger partial charge >= 0.3 is 88.7 Å². The van der Waals surface area contributed by atoms with Gasteiger partial charge in [0.2, 0.25) is 0 Å². The molecule has 64 valence electrons. The molecule has 0 amide bonds. The van der Waals surface area contributed by atoms with E-state index in [0.29, 0.717) is 5.76 Å².